The summed E-state index contributed by atoms with van der Waals surface area (Å²) in [6.07, 6.45) is 1.76. The Labute approximate surface area is 154 Å². The second-order valence-electron chi connectivity index (χ2n) is 7.26. The molecular weight excluding hydrogens is 326 g/mol. The summed E-state index contributed by atoms with van der Waals surface area (Å²) in [5.41, 5.74) is 2.41. The van der Waals surface area contributed by atoms with E-state index in [4.69, 9.17) is 9.47 Å². The van der Waals surface area contributed by atoms with Crippen LogP contribution in [-0.2, 0) is 11.2 Å². The molecule has 4 heteroatoms. The topological polar surface area (TPSA) is 38.8 Å². The van der Waals surface area contributed by atoms with Gasteiger partial charge in [0.05, 0.1) is 13.0 Å². The average molecular weight is 351 g/mol. The van der Waals surface area contributed by atoms with Gasteiger partial charge in [-0.2, -0.15) is 0 Å². The molecular formula is C22H25NO3. The molecule has 3 atom stereocenters. The highest BCUT2D eigenvalue weighted by Crippen LogP contribution is 2.36. The van der Waals surface area contributed by atoms with Gasteiger partial charge in [-0.05, 0) is 37.0 Å². The van der Waals surface area contributed by atoms with Gasteiger partial charge in [0.15, 0.2) is 0 Å². The molecule has 2 aliphatic rings. The first-order valence-corrected chi connectivity index (χ1v) is 9.32. The molecule has 0 bridgehead atoms. The first kappa shape index (κ1) is 17.0. The fourth-order valence-electron chi connectivity index (χ4n) is 4.27. The SMILES string of the molecule is COc1ccc2c(c1)OC[C@H](C(=O)N1CC[C@H](c3ccccc3)[C@@H]1C)C2. The minimum Gasteiger partial charge on any atom is -0.497 e. The Morgan fingerprint density at radius 2 is 2.00 bits per heavy atom. The van der Waals surface area contributed by atoms with Crippen molar-refractivity contribution in [2.45, 2.75) is 31.7 Å². The molecule has 26 heavy (non-hydrogen) atoms. The summed E-state index contributed by atoms with van der Waals surface area (Å²) in [6.45, 7) is 3.44. The van der Waals surface area contributed by atoms with E-state index in [-0.39, 0.29) is 17.9 Å². The van der Waals surface area contributed by atoms with Crippen LogP contribution >= 0.6 is 0 Å². The van der Waals surface area contributed by atoms with E-state index in [9.17, 15) is 4.79 Å². The Balaban J connectivity index is 1.46. The molecule has 1 amide bonds. The van der Waals surface area contributed by atoms with Gasteiger partial charge in [-0.1, -0.05) is 36.4 Å². The zero-order chi connectivity index (χ0) is 18.1. The predicted molar refractivity (Wildman–Crippen MR) is 101 cm³/mol. The minimum atomic E-state index is -0.104. The Morgan fingerprint density at radius 1 is 1.19 bits per heavy atom. The van der Waals surface area contributed by atoms with Crippen LogP contribution < -0.4 is 9.47 Å². The lowest BCUT2D eigenvalue weighted by atomic mass is 9.92. The summed E-state index contributed by atoms with van der Waals surface area (Å²) >= 11 is 0. The number of methoxy groups -OCH3 is 1. The quantitative estimate of drug-likeness (QED) is 0.847. The van der Waals surface area contributed by atoms with E-state index in [1.54, 1.807) is 7.11 Å². The van der Waals surface area contributed by atoms with E-state index in [0.717, 1.165) is 36.4 Å². The molecule has 2 heterocycles. The molecule has 4 nitrogen and oxygen atoms in total. The van der Waals surface area contributed by atoms with Crippen LogP contribution in [-0.4, -0.2) is 37.1 Å². The number of fused-ring (bicyclic) bond motifs is 1. The monoisotopic (exact) mass is 351 g/mol. The predicted octanol–water partition coefficient (Wildman–Crippen LogP) is 3.65. The summed E-state index contributed by atoms with van der Waals surface area (Å²) < 4.78 is 11.1. The second-order valence-corrected chi connectivity index (χ2v) is 7.26. The fourth-order valence-corrected chi connectivity index (χ4v) is 4.27. The van der Waals surface area contributed by atoms with Crippen molar-refractivity contribution in [3.05, 3.63) is 59.7 Å². The lowest BCUT2D eigenvalue weighted by molar-refractivity contribution is -0.137. The normalized spacial score (nSPS) is 24.7. The van der Waals surface area contributed by atoms with Crippen molar-refractivity contribution in [1.82, 2.24) is 4.90 Å². The van der Waals surface area contributed by atoms with Crippen LogP contribution in [0.4, 0.5) is 0 Å². The number of rotatable bonds is 3. The Morgan fingerprint density at radius 3 is 2.77 bits per heavy atom. The first-order chi connectivity index (χ1) is 12.7. The standard InChI is InChI=1S/C22H25NO3/c1-15-20(16-6-4-3-5-7-16)10-11-23(15)22(24)18-12-17-8-9-19(25-2)13-21(17)26-14-18/h3-9,13,15,18,20H,10-12,14H2,1-2H3/t15-,18+,20-/m0/s1. The van der Waals surface area contributed by atoms with Crippen LogP contribution in [0.2, 0.25) is 0 Å². The Bertz CT molecular complexity index is 789. The first-order valence-electron chi connectivity index (χ1n) is 9.32. The van der Waals surface area contributed by atoms with Gasteiger partial charge < -0.3 is 14.4 Å². The van der Waals surface area contributed by atoms with E-state index in [1.165, 1.54) is 5.56 Å². The molecule has 0 saturated carbocycles. The number of hydrogen-bond acceptors (Lipinski definition) is 3. The lowest BCUT2D eigenvalue weighted by Gasteiger charge is -2.31. The van der Waals surface area contributed by atoms with Crippen LogP contribution in [0.15, 0.2) is 48.5 Å². The van der Waals surface area contributed by atoms with Crippen molar-refractivity contribution in [3.63, 3.8) is 0 Å². The van der Waals surface area contributed by atoms with Crippen molar-refractivity contribution in [2.75, 3.05) is 20.3 Å². The second kappa shape index (κ2) is 7.02. The number of ether oxygens (including phenoxy) is 2. The maximum atomic E-state index is 13.1. The van der Waals surface area contributed by atoms with Gasteiger partial charge in [0, 0.05) is 24.6 Å². The maximum absolute atomic E-state index is 13.1. The molecule has 0 spiro atoms. The molecule has 0 aliphatic carbocycles. The van der Waals surface area contributed by atoms with Gasteiger partial charge >= 0.3 is 0 Å². The molecule has 136 valence electrons. The highest BCUT2D eigenvalue weighted by atomic mass is 16.5. The molecule has 0 radical (unpaired) electrons. The number of carbonyl (C=O) groups excluding carboxylic acids is 1. The van der Waals surface area contributed by atoms with Crippen molar-refractivity contribution < 1.29 is 14.3 Å². The van der Waals surface area contributed by atoms with Crippen molar-refractivity contribution in [2.24, 2.45) is 5.92 Å². The number of nitrogens with zero attached hydrogens (tertiary/aromatic N) is 1. The van der Waals surface area contributed by atoms with Crippen molar-refractivity contribution in [1.29, 1.82) is 0 Å². The highest BCUT2D eigenvalue weighted by molar-refractivity contribution is 5.80. The number of amides is 1. The van der Waals surface area contributed by atoms with E-state index in [2.05, 4.69) is 36.1 Å². The molecule has 0 unspecified atom stereocenters. The summed E-state index contributed by atoms with van der Waals surface area (Å²) in [4.78, 5) is 15.2. The fraction of sp³-hybridized carbons (Fsp3) is 0.409. The number of carbonyl (C=O) groups is 1. The summed E-state index contributed by atoms with van der Waals surface area (Å²) in [5, 5.41) is 0. The molecule has 0 aromatic heterocycles. The average Bonchev–Trinajstić information content (AvgIpc) is 3.08. The molecule has 2 aliphatic heterocycles. The van der Waals surface area contributed by atoms with Crippen LogP contribution in [0.3, 0.4) is 0 Å². The third-order valence-corrected chi connectivity index (χ3v) is 5.80. The Hall–Kier alpha value is -2.49. The van der Waals surface area contributed by atoms with Crippen LogP contribution in [0.1, 0.15) is 30.4 Å². The number of likely N-dealkylation sites (tertiary alicyclic amines) is 1. The van der Waals surface area contributed by atoms with Crippen molar-refractivity contribution >= 4 is 5.91 Å². The van der Waals surface area contributed by atoms with Gasteiger partial charge in [-0.15, -0.1) is 0 Å². The molecule has 2 aromatic carbocycles. The summed E-state index contributed by atoms with van der Waals surface area (Å²) in [5.74, 6) is 2.16. The molecule has 4 rings (SSSR count). The highest BCUT2D eigenvalue weighted by Gasteiger charge is 2.38. The minimum absolute atomic E-state index is 0.104. The van der Waals surface area contributed by atoms with Gasteiger partial charge in [-0.3, -0.25) is 4.79 Å². The largest absolute Gasteiger partial charge is 0.497 e. The van der Waals surface area contributed by atoms with Gasteiger partial charge in [-0.25, -0.2) is 0 Å². The summed E-state index contributed by atoms with van der Waals surface area (Å²) in [7, 11) is 1.65. The zero-order valence-electron chi connectivity index (χ0n) is 15.4. The third-order valence-electron chi connectivity index (χ3n) is 5.80. The Kier molecular flexibility index (Phi) is 4.58. The van der Waals surface area contributed by atoms with Crippen LogP contribution in [0.25, 0.3) is 0 Å². The van der Waals surface area contributed by atoms with Gasteiger partial charge in [0.2, 0.25) is 5.91 Å². The molecule has 1 saturated heterocycles. The van der Waals surface area contributed by atoms with Crippen molar-refractivity contribution in [3.8, 4) is 11.5 Å². The van der Waals surface area contributed by atoms with Crippen LogP contribution in [0.5, 0.6) is 11.5 Å². The van der Waals surface area contributed by atoms with Gasteiger partial charge in [0.25, 0.3) is 0 Å². The van der Waals surface area contributed by atoms with E-state index < -0.39 is 0 Å². The van der Waals surface area contributed by atoms with E-state index in [1.807, 2.05) is 24.3 Å². The van der Waals surface area contributed by atoms with E-state index in [0.29, 0.717) is 12.5 Å². The van der Waals surface area contributed by atoms with E-state index >= 15 is 0 Å². The molecule has 0 N–H and O–H groups in total. The number of benzene rings is 2. The van der Waals surface area contributed by atoms with Gasteiger partial charge in [0.1, 0.15) is 18.1 Å². The lowest BCUT2D eigenvalue weighted by Crippen LogP contribution is -2.43. The summed E-state index contributed by atoms with van der Waals surface area (Å²) in [6, 6.07) is 16.6. The molecule has 1 fully saturated rings. The zero-order valence-corrected chi connectivity index (χ0v) is 15.4. The third kappa shape index (κ3) is 3.05. The maximum Gasteiger partial charge on any atom is 0.229 e. The smallest absolute Gasteiger partial charge is 0.229 e. The van der Waals surface area contributed by atoms with Crippen LogP contribution in [0, 0.1) is 5.92 Å². The molecule has 2 aromatic rings. The number of hydrogen-bond donors (Lipinski definition) is 0.